The Morgan fingerprint density at radius 3 is 2.79 bits per heavy atom. The Hall–Kier alpha value is -1.69. The van der Waals surface area contributed by atoms with E-state index in [1.54, 1.807) is 13.4 Å². The Bertz CT molecular complexity index is 574. The molecule has 1 aliphatic heterocycles. The number of methoxy groups -OCH3 is 1. The molecule has 2 unspecified atom stereocenters. The first kappa shape index (κ1) is 17.1. The monoisotopic (exact) mass is 332 g/mol. The molecule has 1 N–H and O–H groups in total. The predicted octanol–water partition coefficient (Wildman–Crippen LogP) is 2.00. The van der Waals surface area contributed by atoms with Crippen molar-refractivity contribution in [3.05, 3.63) is 18.1 Å². The Kier molecular flexibility index (Phi) is 5.33. The molecule has 1 saturated heterocycles. The van der Waals surface area contributed by atoms with Crippen molar-refractivity contribution in [1.82, 2.24) is 15.3 Å². The largest absolute Gasteiger partial charge is 0.378 e. The molecule has 0 bridgehead atoms. The molecule has 3 rings (SSSR count). The third-order valence-corrected chi connectivity index (χ3v) is 5.35. The van der Waals surface area contributed by atoms with Crippen LogP contribution >= 0.6 is 0 Å². The van der Waals surface area contributed by atoms with Gasteiger partial charge in [-0.15, -0.1) is 0 Å². The molecule has 24 heavy (non-hydrogen) atoms. The highest BCUT2D eigenvalue weighted by Crippen LogP contribution is 2.30. The standard InChI is InChI=1S/C18H28N4O2/c1-12(2)15-8-22(17-7-14(10-24-3)19-11-20-17)9-16(15)21-18(23)13-5-4-6-13/h7,11-13,15-16H,4-6,8-10H2,1-3H3,(H,21,23). The van der Waals surface area contributed by atoms with E-state index in [4.69, 9.17) is 4.74 Å². The zero-order valence-corrected chi connectivity index (χ0v) is 14.9. The van der Waals surface area contributed by atoms with E-state index in [1.165, 1.54) is 6.42 Å². The van der Waals surface area contributed by atoms with Crippen LogP contribution in [0, 0.1) is 17.8 Å². The summed E-state index contributed by atoms with van der Waals surface area (Å²) in [6.45, 7) is 6.67. The van der Waals surface area contributed by atoms with Gasteiger partial charge < -0.3 is 15.0 Å². The van der Waals surface area contributed by atoms with Gasteiger partial charge >= 0.3 is 0 Å². The molecular weight excluding hydrogens is 304 g/mol. The summed E-state index contributed by atoms with van der Waals surface area (Å²) in [6, 6.07) is 2.18. The molecule has 1 saturated carbocycles. The maximum absolute atomic E-state index is 12.4. The van der Waals surface area contributed by atoms with Gasteiger partial charge in [-0.05, 0) is 18.8 Å². The fraction of sp³-hybridized carbons (Fsp3) is 0.722. The van der Waals surface area contributed by atoms with E-state index < -0.39 is 0 Å². The zero-order chi connectivity index (χ0) is 17.1. The molecule has 2 fully saturated rings. The van der Waals surface area contributed by atoms with Gasteiger partial charge in [0.25, 0.3) is 0 Å². The number of anilines is 1. The average Bonchev–Trinajstić information content (AvgIpc) is 2.90. The molecule has 2 aliphatic rings. The second kappa shape index (κ2) is 7.47. The summed E-state index contributed by atoms with van der Waals surface area (Å²) < 4.78 is 5.16. The number of carbonyl (C=O) groups excluding carboxylic acids is 1. The Labute approximate surface area is 144 Å². The van der Waals surface area contributed by atoms with Crippen molar-refractivity contribution in [1.29, 1.82) is 0 Å². The second-order valence-corrected chi connectivity index (χ2v) is 7.36. The van der Waals surface area contributed by atoms with Crippen LogP contribution in [0.25, 0.3) is 0 Å². The minimum absolute atomic E-state index is 0.193. The summed E-state index contributed by atoms with van der Waals surface area (Å²) in [6.07, 6.45) is 4.86. The van der Waals surface area contributed by atoms with Crippen LogP contribution in [0.3, 0.4) is 0 Å². The lowest BCUT2D eigenvalue weighted by Gasteiger charge is -2.28. The highest BCUT2D eigenvalue weighted by Gasteiger charge is 2.38. The summed E-state index contributed by atoms with van der Waals surface area (Å²) in [5.74, 6) is 2.35. The van der Waals surface area contributed by atoms with Crippen molar-refractivity contribution < 1.29 is 9.53 Å². The molecule has 1 aliphatic carbocycles. The SMILES string of the molecule is COCc1cc(N2CC(NC(=O)C3CCC3)C(C(C)C)C2)ncn1. The third-order valence-electron chi connectivity index (χ3n) is 5.35. The van der Waals surface area contributed by atoms with E-state index in [0.717, 1.165) is 37.4 Å². The van der Waals surface area contributed by atoms with Crippen LogP contribution in [-0.2, 0) is 16.1 Å². The van der Waals surface area contributed by atoms with Gasteiger partial charge in [-0.2, -0.15) is 0 Å². The lowest BCUT2D eigenvalue weighted by Crippen LogP contribution is -2.46. The number of nitrogens with zero attached hydrogens (tertiary/aromatic N) is 3. The van der Waals surface area contributed by atoms with Gasteiger partial charge in [-0.3, -0.25) is 4.79 Å². The van der Waals surface area contributed by atoms with Crippen molar-refractivity contribution in [2.75, 3.05) is 25.1 Å². The fourth-order valence-corrected chi connectivity index (χ4v) is 3.60. The summed E-state index contributed by atoms with van der Waals surface area (Å²) in [5.41, 5.74) is 0.880. The molecule has 1 aromatic rings. The Morgan fingerprint density at radius 2 is 2.17 bits per heavy atom. The van der Waals surface area contributed by atoms with Crippen molar-refractivity contribution in [2.24, 2.45) is 17.8 Å². The molecule has 6 heteroatoms. The number of nitrogens with one attached hydrogen (secondary N) is 1. The lowest BCUT2D eigenvalue weighted by atomic mass is 9.84. The fourth-order valence-electron chi connectivity index (χ4n) is 3.60. The third kappa shape index (κ3) is 3.69. The molecule has 1 amide bonds. The number of ether oxygens (including phenoxy) is 1. The highest BCUT2D eigenvalue weighted by atomic mass is 16.5. The normalized spacial score (nSPS) is 24.2. The molecule has 1 aromatic heterocycles. The minimum atomic E-state index is 0.193. The van der Waals surface area contributed by atoms with Crippen LogP contribution in [-0.4, -0.2) is 42.1 Å². The Balaban J connectivity index is 1.69. The molecule has 2 atom stereocenters. The molecule has 2 heterocycles. The van der Waals surface area contributed by atoms with Crippen molar-refractivity contribution in [3.63, 3.8) is 0 Å². The van der Waals surface area contributed by atoms with Crippen molar-refractivity contribution >= 4 is 11.7 Å². The number of hydrogen-bond donors (Lipinski definition) is 1. The summed E-state index contributed by atoms with van der Waals surface area (Å²) in [4.78, 5) is 23.3. The van der Waals surface area contributed by atoms with Crippen molar-refractivity contribution in [3.8, 4) is 0 Å². The van der Waals surface area contributed by atoms with Crippen LogP contribution in [0.4, 0.5) is 5.82 Å². The Morgan fingerprint density at radius 1 is 1.38 bits per heavy atom. The van der Waals surface area contributed by atoms with E-state index >= 15 is 0 Å². The quantitative estimate of drug-likeness (QED) is 0.863. The van der Waals surface area contributed by atoms with E-state index in [-0.39, 0.29) is 17.9 Å². The van der Waals surface area contributed by atoms with Crippen LogP contribution < -0.4 is 10.2 Å². The van der Waals surface area contributed by atoms with Gasteiger partial charge in [0.1, 0.15) is 12.1 Å². The predicted molar refractivity (Wildman–Crippen MR) is 92.6 cm³/mol. The van der Waals surface area contributed by atoms with Gasteiger partial charge in [-0.1, -0.05) is 20.3 Å². The van der Waals surface area contributed by atoms with Gasteiger partial charge in [-0.25, -0.2) is 9.97 Å². The first-order valence-corrected chi connectivity index (χ1v) is 8.93. The topological polar surface area (TPSA) is 67.3 Å². The number of amides is 1. The van der Waals surface area contributed by atoms with E-state index in [1.807, 2.05) is 6.07 Å². The summed E-state index contributed by atoms with van der Waals surface area (Å²) in [7, 11) is 1.67. The van der Waals surface area contributed by atoms with E-state index in [2.05, 4.69) is 34.0 Å². The highest BCUT2D eigenvalue weighted by molar-refractivity contribution is 5.79. The number of aromatic nitrogens is 2. The summed E-state index contributed by atoms with van der Waals surface area (Å²) >= 11 is 0. The minimum Gasteiger partial charge on any atom is -0.378 e. The molecule has 6 nitrogen and oxygen atoms in total. The van der Waals surface area contributed by atoms with Crippen LogP contribution in [0.5, 0.6) is 0 Å². The van der Waals surface area contributed by atoms with Crippen LogP contribution in [0.1, 0.15) is 38.8 Å². The molecule has 0 radical (unpaired) electrons. The average molecular weight is 332 g/mol. The number of hydrogen-bond acceptors (Lipinski definition) is 5. The van der Waals surface area contributed by atoms with E-state index in [9.17, 15) is 4.79 Å². The van der Waals surface area contributed by atoms with Gasteiger partial charge in [0.05, 0.1) is 18.3 Å². The summed E-state index contributed by atoms with van der Waals surface area (Å²) in [5, 5.41) is 3.30. The molecule has 0 aromatic carbocycles. The molecular formula is C18H28N4O2. The lowest BCUT2D eigenvalue weighted by molar-refractivity contribution is -0.128. The van der Waals surface area contributed by atoms with Gasteiger partial charge in [0.15, 0.2) is 0 Å². The number of rotatable bonds is 6. The second-order valence-electron chi connectivity index (χ2n) is 7.36. The smallest absolute Gasteiger partial charge is 0.223 e. The molecule has 132 valence electrons. The van der Waals surface area contributed by atoms with E-state index in [0.29, 0.717) is 18.4 Å². The maximum atomic E-state index is 12.4. The maximum Gasteiger partial charge on any atom is 0.223 e. The van der Waals surface area contributed by atoms with Crippen LogP contribution in [0.15, 0.2) is 12.4 Å². The first-order chi connectivity index (χ1) is 11.6. The van der Waals surface area contributed by atoms with Gasteiger partial charge in [0.2, 0.25) is 5.91 Å². The number of carbonyl (C=O) groups is 1. The van der Waals surface area contributed by atoms with Crippen LogP contribution in [0.2, 0.25) is 0 Å². The zero-order valence-electron chi connectivity index (χ0n) is 14.9. The van der Waals surface area contributed by atoms with Crippen molar-refractivity contribution in [2.45, 2.75) is 45.8 Å². The molecule has 0 spiro atoms. The van der Waals surface area contributed by atoms with Gasteiger partial charge in [0, 0.05) is 38.1 Å². The first-order valence-electron chi connectivity index (χ1n) is 8.93.